The molecule has 0 spiro atoms. The molecular formula is C18H22N4O2. The van der Waals surface area contributed by atoms with Crippen LogP contribution in [0.5, 0.6) is 0 Å². The highest BCUT2D eigenvalue weighted by Gasteiger charge is 2.20. The van der Waals surface area contributed by atoms with E-state index in [0.717, 1.165) is 22.8 Å². The van der Waals surface area contributed by atoms with E-state index in [1.807, 2.05) is 49.1 Å². The second-order valence-electron chi connectivity index (χ2n) is 5.94. The number of rotatable bonds is 4. The van der Waals surface area contributed by atoms with Crippen molar-refractivity contribution in [3.05, 3.63) is 42.4 Å². The Morgan fingerprint density at radius 2 is 2.29 bits per heavy atom. The third-order valence-electron chi connectivity index (χ3n) is 3.97. The van der Waals surface area contributed by atoms with Crippen LogP contribution in [0, 0.1) is 6.92 Å². The van der Waals surface area contributed by atoms with E-state index in [-0.39, 0.29) is 18.6 Å². The van der Waals surface area contributed by atoms with Crippen molar-refractivity contribution in [1.29, 1.82) is 0 Å². The van der Waals surface area contributed by atoms with Crippen LogP contribution in [-0.4, -0.2) is 53.1 Å². The van der Waals surface area contributed by atoms with Crippen LogP contribution in [0.3, 0.4) is 0 Å². The summed E-state index contributed by atoms with van der Waals surface area (Å²) >= 11 is 0. The Bertz CT molecular complexity index is 720. The van der Waals surface area contributed by atoms with Crippen LogP contribution in [0.25, 0.3) is 11.3 Å². The lowest BCUT2D eigenvalue weighted by Crippen LogP contribution is -2.46. The molecule has 3 rings (SSSR count). The predicted octanol–water partition coefficient (Wildman–Crippen LogP) is 2.11. The second kappa shape index (κ2) is 7.40. The molecular weight excluding hydrogens is 304 g/mol. The van der Waals surface area contributed by atoms with E-state index in [9.17, 15) is 4.79 Å². The molecule has 1 N–H and O–H groups in total. The molecule has 0 aliphatic carbocycles. The number of hydrogen-bond donors (Lipinski definition) is 1. The van der Waals surface area contributed by atoms with Crippen molar-refractivity contribution >= 4 is 11.6 Å². The molecule has 0 saturated carbocycles. The Morgan fingerprint density at radius 3 is 3.08 bits per heavy atom. The summed E-state index contributed by atoms with van der Waals surface area (Å²) in [6.45, 7) is 6.05. The summed E-state index contributed by atoms with van der Waals surface area (Å²) in [5.74, 6) is 0.830. The third kappa shape index (κ3) is 4.08. The Morgan fingerprint density at radius 1 is 1.42 bits per heavy atom. The number of aryl methyl sites for hydroxylation is 1. The summed E-state index contributed by atoms with van der Waals surface area (Å²) in [7, 11) is 0. The Hall–Kier alpha value is -2.47. The minimum atomic E-state index is 0.0911. The largest absolute Gasteiger partial charge is 0.376 e. The molecule has 2 heterocycles. The zero-order valence-electron chi connectivity index (χ0n) is 14.0. The van der Waals surface area contributed by atoms with E-state index in [0.29, 0.717) is 19.7 Å². The maximum Gasteiger partial charge on any atom is 0.242 e. The quantitative estimate of drug-likeness (QED) is 0.932. The number of anilines is 1. The number of nitrogens with one attached hydrogen (secondary N) is 1. The van der Waals surface area contributed by atoms with Crippen LogP contribution in [0.15, 0.2) is 36.5 Å². The number of hydrogen-bond acceptors (Lipinski definition) is 5. The van der Waals surface area contributed by atoms with Gasteiger partial charge in [0.15, 0.2) is 0 Å². The lowest BCUT2D eigenvalue weighted by molar-refractivity contribution is -0.136. The van der Waals surface area contributed by atoms with E-state index < -0.39 is 0 Å². The van der Waals surface area contributed by atoms with Crippen molar-refractivity contribution in [3.8, 4) is 11.3 Å². The first-order chi connectivity index (χ1) is 11.6. The van der Waals surface area contributed by atoms with Gasteiger partial charge in [-0.2, -0.15) is 0 Å². The summed E-state index contributed by atoms with van der Waals surface area (Å²) in [6.07, 6.45) is 1.85. The number of carbonyl (C=O) groups excluding carboxylic acids is 1. The first-order valence-corrected chi connectivity index (χ1v) is 8.15. The molecule has 126 valence electrons. The lowest BCUT2D eigenvalue weighted by atomic mass is 10.1. The van der Waals surface area contributed by atoms with Gasteiger partial charge >= 0.3 is 0 Å². The lowest BCUT2D eigenvalue weighted by Gasteiger charge is -2.31. The molecule has 1 amide bonds. The Kier molecular flexibility index (Phi) is 5.05. The van der Waals surface area contributed by atoms with Gasteiger partial charge in [0.25, 0.3) is 0 Å². The average molecular weight is 326 g/mol. The molecule has 1 aliphatic rings. The number of nitrogens with zero attached hydrogens (tertiary/aromatic N) is 3. The fourth-order valence-electron chi connectivity index (χ4n) is 2.74. The summed E-state index contributed by atoms with van der Waals surface area (Å²) in [6, 6.07) is 9.78. The number of benzene rings is 1. The number of aromatic nitrogens is 2. The molecule has 6 nitrogen and oxygen atoms in total. The molecule has 2 aromatic rings. The summed E-state index contributed by atoms with van der Waals surface area (Å²) < 4.78 is 5.47. The van der Waals surface area contributed by atoms with Crippen molar-refractivity contribution in [2.75, 3.05) is 31.6 Å². The summed E-state index contributed by atoms with van der Waals surface area (Å²) in [5, 5.41) is 3.21. The SMILES string of the molecule is Cc1nccc(-c2cccc(NCC(=O)N3CCO[C@@H](C)C3)c2)n1. The van der Waals surface area contributed by atoms with Crippen molar-refractivity contribution in [1.82, 2.24) is 14.9 Å². The van der Waals surface area contributed by atoms with Gasteiger partial charge in [-0.15, -0.1) is 0 Å². The Balaban J connectivity index is 1.63. The van der Waals surface area contributed by atoms with Crippen LogP contribution in [0.1, 0.15) is 12.7 Å². The molecule has 24 heavy (non-hydrogen) atoms. The fraction of sp³-hybridized carbons (Fsp3) is 0.389. The monoisotopic (exact) mass is 326 g/mol. The van der Waals surface area contributed by atoms with E-state index in [1.54, 1.807) is 6.20 Å². The first kappa shape index (κ1) is 16.4. The highest BCUT2D eigenvalue weighted by Crippen LogP contribution is 2.20. The minimum absolute atomic E-state index is 0.0911. The van der Waals surface area contributed by atoms with Crippen LogP contribution < -0.4 is 5.32 Å². The minimum Gasteiger partial charge on any atom is -0.376 e. The fourth-order valence-corrected chi connectivity index (χ4v) is 2.74. The van der Waals surface area contributed by atoms with Crippen molar-refractivity contribution in [2.45, 2.75) is 20.0 Å². The van der Waals surface area contributed by atoms with Gasteiger partial charge < -0.3 is 15.0 Å². The molecule has 1 aromatic carbocycles. The molecule has 0 radical (unpaired) electrons. The zero-order valence-corrected chi connectivity index (χ0v) is 14.0. The van der Waals surface area contributed by atoms with Gasteiger partial charge in [0, 0.05) is 30.5 Å². The molecule has 1 aliphatic heterocycles. The van der Waals surface area contributed by atoms with E-state index in [1.165, 1.54) is 0 Å². The highest BCUT2D eigenvalue weighted by molar-refractivity contribution is 5.81. The topological polar surface area (TPSA) is 67.4 Å². The molecule has 1 fully saturated rings. The van der Waals surface area contributed by atoms with Gasteiger partial charge in [-0.25, -0.2) is 9.97 Å². The van der Waals surface area contributed by atoms with Crippen LogP contribution >= 0.6 is 0 Å². The standard InChI is InChI=1S/C18H22N4O2/c1-13-12-22(8-9-24-13)18(23)11-20-16-5-3-4-15(10-16)17-6-7-19-14(2)21-17/h3-7,10,13,20H,8-9,11-12H2,1-2H3/t13-/m0/s1. The van der Waals surface area contributed by atoms with Crippen molar-refractivity contribution < 1.29 is 9.53 Å². The number of carbonyl (C=O) groups is 1. The van der Waals surface area contributed by atoms with Crippen molar-refractivity contribution in [3.63, 3.8) is 0 Å². The van der Waals surface area contributed by atoms with E-state index in [2.05, 4.69) is 15.3 Å². The van der Waals surface area contributed by atoms with Crippen molar-refractivity contribution in [2.24, 2.45) is 0 Å². The third-order valence-corrected chi connectivity index (χ3v) is 3.97. The molecule has 1 aromatic heterocycles. The second-order valence-corrected chi connectivity index (χ2v) is 5.94. The van der Waals surface area contributed by atoms with E-state index >= 15 is 0 Å². The van der Waals surface area contributed by atoms with Gasteiger partial charge in [0.2, 0.25) is 5.91 Å². The van der Waals surface area contributed by atoms with Crippen LogP contribution in [-0.2, 0) is 9.53 Å². The maximum atomic E-state index is 12.3. The van der Waals surface area contributed by atoms with Crippen LogP contribution in [0.2, 0.25) is 0 Å². The van der Waals surface area contributed by atoms with Crippen LogP contribution in [0.4, 0.5) is 5.69 Å². The maximum absolute atomic E-state index is 12.3. The van der Waals surface area contributed by atoms with Gasteiger partial charge in [-0.05, 0) is 32.0 Å². The van der Waals surface area contributed by atoms with Gasteiger partial charge in [0.05, 0.1) is 24.9 Å². The molecule has 0 unspecified atom stereocenters. The zero-order chi connectivity index (χ0) is 16.9. The number of morpholine rings is 1. The first-order valence-electron chi connectivity index (χ1n) is 8.15. The number of ether oxygens (including phenoxy) is 1. The van der Waals surface area contributed by atoms with Gasteiger partial charge in [-0.1, -0.05) is 12.1 Å². The molecule has 1 atom stereocenters. The molecule has 0 bridgehead atoms. The average Bonchev–Trinajstić information content (AvgIpc) is 2.60. The highest BCUT2D eigenvalue weighted by atomic mass is 16.5. The number of amides is 1. The van der Waals surface area contributed by atoms with E-state index in [4.69, 9.17) is 4.74 Å². The summed E-state index contributed by atoms with van der Waals surface area (Å²) in [4.78, 5) is 22.7. The molecule has 6 heteroatoms. The normalized spacial score (nSPS) is 17.6. The Labute approximate surface area is 141 Å². The van der Waals surface area contributed by atoms with Gasteiger partial charge in [0.1, 0.15) is 5.82 Å². The summed E-state index contributed by atoms with van der Waals surface area (Å²) in [5.41, 5.74) is 2.77. The predicted molar refractivity (Wildman–Crippen MR) is 92.7 cm³/mol. The molecule has 1 saturated heterocycles. The van der Waals surface area contributed by atoms with Gasteiger partial charge in [-0.3, -0.25) is 4.79 Å². The smallest absolute Gasteiger partial charge is 0.242 e.